The van der Waals surface area contributed by atoms with Crippen LogP contribution in [0, 0.1) is 0 Å². The summed E-state index contributed by atoms with van der Waals surface area (Å²) in [6, 6.07) is 4.15. The molecule has 15 heavy (non-hydrogen) atoms. The molecule has 0 fully saturated rings. The molecule has 1 aliphatic heterocycles. The van der Waals surface area contributed by atoms with Crippen molar-refractivity contribution in [2.75, 3.05) is 7.11 Å². The Morgan fingerprint density at radius 3 is 2.53 bits per heavy atom. The molecular weight excluding hydrogens is 342 g/mol. The second kappa shape index (κ2) is 4.60. The summed E-state index contributed by atoms with van der Waals surface area (Å²) in [6.07, 6.45) is 0. The molecule has 1 heterocycles. The topological polar surface area (TPSA) is 26.3 Å². The summed E-state index contributed by atoms with van der Waals surface area (Å²) in [7, 11) is 1.08. The molecule has 1 aromatic rings. The van der Waals surface area contributed by atoms with Crippen molar-refractivity contribution in [3.05, 3.63) is 17.7 Å². The van der Waals surface area contributed by atoms with E-state index in [0.717, 1.165) is 5.75 Å². The molecule has 0 aromatic heterocycles. The Balaban J connectivity index is 2.56. The number of fused-ring (bicyclic) bond motifs is 1. The zero-order valence-electron chi connectivity index (χ0n) is 8.77. The van der Waals surface area contributed by atoms with Crippen molar-refractivity contribution in [3.63, 3.8) is 0 Å². The number of rotatable bonds is 2. The van der Waals surface area contributed by atoms with Crippen LogP contribution in [0.15, 0.2) is 12.1 Å². The van der Waals surface area contributed by atoms with E-state index in [1.54, 1.807) is 7.11 Å². The van der Waals surface area contributed by atoms with Gasteiger partial charge in [-0.3, -0.25) is 0 Å². The van der Waals surface area contributed by atoms with E-state index >= 15 is 0 Å². The van der Waals surface area contributed by atoms with E-state index < -0.39 is 7.64 Å². The molecule has 82 valence electrons. The third kappa shape index (κ3) is 2.17. The molecule has 0 spiro atoms. The van der Waals surface area contributed by atoms with Crippen LogP contribution in [0.1, 0.15) is 25.3 Å². The van der Waals surface area contributed by atoms with E-state index in [4.69, 9.17) is 4.74 Å². The fraction of sp³-hybridized carbons (Fsp3) is 0.400. The Labute approximate surface area is 103 Å². The predicted octanol–water partition coefficient (Wildman–Crippen LogP) is 0.0699. The normalized spacial score (nSPS) is 19.3. The van der Waals surface area contributed by atoms with Gasteiger partial charge in [-0.1, -0.05) is 0 Å². The first kappa shape index (κ1) is 11.7. The van der Waals surface area contributed by atoms with Gasteiger partial charge in [0, 0.05) is 0 Å². The van der Waals surface area contributed by atoms with Gasteiger partial charge in [0.2, 0.25) is 0 Å². The molecule has 2 rings (SSSR count). The molecule has 0 radical (unpaired) electrons. The van der Waals surface area contributed by atoms with Gasteiger partial charge in [-0.05, 0) is 0 Å². The van der Waals surface area contributed by atoms with Crippen LogP contribution in [-0.2, 0) is 7.64 Å². The number of hydrogen-bond acceptors (Lipinski definition) is 2. The van der Waals surface area contributed by atoms with Crippen LogP contribution in [0.25, 0.3) is 0 Å². The van der Waals surface area contributed by atoms with E-state index in [9.17, 15) is 4.21 Å². The van der Waals surface area contributed by atoms with Gasteiger partial charge in [0.05, 0.1) is 0 Å². The van der Waals surface area contributed by atoms with Crippen LogP contribution in [0.3, 0.4) is 0 Å². The van der Waals surface area contributed by atoms with Gasteiger partial charge in [0.25, 0.3) is 0 Å². The average molecular weight is 354 g/mol. The first-order valence-electron chi connectivity index (χ1n) is 4.62. The first-order chi connectivity index (χ1) is 7.13. The molecule has 0 aliphatic carbocycles. The summed E-state index contributed by atoms with van der Waals surface area (Å²) in [4.78, 5) is 0. The van der Waals surface area contributed by atoms with Gasteiger partial charge >= 0.3 is 103 Å². The van der Waals surface area contributed by atoms with Crippen molar-refractivity contribution in [2.24, 2.45) is 0 Å². The van der Waals surface area contributed by atoms with Crippen molar-refractivity contribution < 1.29 is 8.95 Å². The van der Waals surface area contributed by atoms with Crippen molar-refractivity contribution >= 4 is 44.2 Å². The number of methoxy groups -OCH3 is 1. The molecule has 1 aromatic carbocycles. The van der Waals surface area contributed by atoms with Crippen molar-refractivity contribution in [1.29, 1.82) is 0 Å². The van der Waals surface area contributed by atoms with E-state index in [1.807, 2.05) is 6.07 Å². The summed E-state index contributed by atoms with van der Waals surface area (Å²) in [5, 5.41) is 0. The van der Waals surface area contributed by atoms with Gasteiger partial charge in [-0.15, -0.1) is 0 Å². The van der Waals surface area contributed by atoms with E-state index in [1.165, 1.54) is 14.5 Å². The molecule has 0 saturated carbocycles. The molecule has 0 amide bonds. The van der Waals surface area contributed by atoms with Crippen molar-refractivity contribution in [1.82, 2.24) is 0 Å². The monoisotopic (exact) mass is 356 g/mol. The van der Waals surface area contributed by atoms with Crippen LogP contribution < -0.4 is 13.7 Å². The zero-order chi connectivity index (χ0) is 11.0. The SMILES string of the molecule is COc1ccc(C(C)C)c2c1[Se]S(=O)[Se]2. The zero-order valence-corrected chi connectivity index (χ0v) is 13.0. The molecule has 2 nitrogen and oxygen atoms in total. The molecular formula is C10H12O2SSe2. The van der Waals surface area contributed by atoms with Crippen LogP contribution >= 0.6 is 0 Å². The fourth-order valence-corrected chi connectivity index (χ4v) is 15.3. The molecule has 5 heteroatoms. The Morgan fingerprint density at radius 2 is 1.93 bits per heavy atom. The maximum atomic E-state index is 11.7. The number of hydrogen-bond donors (Lipinski definition) is 0. The predicted molar refractivity (Wildman–Crippen MR) is 66.0 cm³/mol. The number of benzene rings is 1. The van der Waals surface area contributed by atoms with Crippen LogP contribution in [0.4, 0.5) is 0 Å². The maximum absolute atomic E-state index is 11.7. The minimum atomic E-state index is -0.613. The standard InChI is InChI=1S/C10H12O2SSe2/c1-6(2)7-4-5-8(12-3)10-9(7)14-13(11)15-10/h4-6H,1-3H3. The summed E-state index contributed by atoms with van der Waals surface area (Å²) < 4.78 is 19.6. The Hall–Kier alpha value is 0.209. The molecule has 1 aliphatic rings. The molecule has 1 unspecified atom stereocenters. The number of ether oxygens (including phenoxy) is 1. The van der Waals surface area contributed by atoms with Gasteiger partial charge in [-0.25, -0.2) is 0 Å². The quantitative estimate of drug-likeness (QED) is 0.703. The summed E-state index contributed by atoms with van der Waals surface area (Å²) in [6.45, 7) is 4.37. The molecule has 0 bridgehead atoms. The van der Waals surface area contributed by atoms with E-state index in [0.29, 0.717) is 5.92 Å². The third-order valence-corrected chi connectivity index (χ3v) is 13.5. The average Bonchev–Trinajstić information content (AvgIpc) is 2.56. The van der Waals surface area contributed by atoms with Gasteiger partial charge in [0.1, 0.15) is 0 Å². The first-order valence-corrected chi connectivity index (χ1v) is 11.5. The van der Waals surface area contributed by atoms with Crippen LogP contribution in [0.5, 0.6) is 5.75 Å². The van der Waals surface area contributed by atoms with Crippen LogP contribution in [-0.4, -0.2) is 39.0 Å². The fourth-order valence-electron chi connectivity index (χ4n) is 1.49. The Bertz CT molecular complexity index is 418. The third-order valence-electron chi connectivity index (χ3n) is 2.25. The second-order valence-electron chi connectivity index (χ2n) is 3.54. The Morgan fingerprint density at radius 1 is 1.27 bits per heavy atom. The molecule has 0 N–H and O–H groups in total. The van der Waals surface area contributed by atoms with Crippen molar-refractivity contribution in [2.45, 2.75) is 19.8 Å². The van der Waals surface area contributed by atoms with Gasteiger partial charge in [0.15, 0.2) is 0 Å². The Kier molecular flexibility index (Phi) is 3.59. The van der Waals surface area contributed by atoms with Crippen molar-refractivity contribution in [3.8, 4) is 5.75 Å². The summed E-state index contributed by atoms with van der Waals surface area (Å²) in [5.74, 6) is 1.44. The van der Waals surface area contributed by atoms with Gasteiger partial charge in [-0.2, -0.15) is 0 Å². The van der Waals surface area contributed by atoms with E-state index in [-0.39, 0.29) is 27.7 Å². The van der Waals surface area contributed by atoms with Crippen LogP contribution in [0.2, 0.25) is 0 Å². The molecule has 1 atom stereocenters. The summed E-state index contributed by atoms with van der Waals surface area (Å²) in [5.41, 5.74) is 1.36. The minimum absolute atomic E-state index is 0.103. The summed E-state index contributed by atoms with van der Waals surface area (Å²) >= 11 is 0.245. The van der Waals surface area contributed by atoms with Gasteiger partial charge < -0.3 is 0 Å². The van der Waals surface area contributed by atoms with E-state index in [2.05, 4.69) is 19.9 Å². The second-order valence-corrected chi connectivity index (χ2v) is 15.1. The molecule has 0 saturated heterocycles.